The van der Waals surface area contributed by atoms with Gasteiger partial charge in [0.05, 0.1) is 24.6 Å². The van der Waals surface area contributed by atoms with E-state index in [1.807, 2.05) is 0 Å². The number of morpholine rings is 1. The summed E-state index contributed by atoms with van der Waals surface area (Å²) in [6.45, 7) is 11.1. The maximum absolute atomic E-state index is 6.25. The van der Waals surface area contributed by atoms with E-state index in [1.54, 1.807) is 0 Å². The lowest BCUT2D eigenvalue weighted by Crippen LogP contribution is -2.35. The van der Waals surface area contributed by atoms with E-state index in [0.717, 1.165) is 58.0 Å². The largest absolute Gasteiger partial charge is 0.397 e. The number of nitrogen functional groups attached to an aromatic ring is 1. The van der Waals surface area contributed by atoms with E-state index >= 15 is 0 Å². The molecule has 0 aliphatic carbocycles. The van der Waals surface area contributed by atoms with Gasteiger partial charge in [-0.25, -0.2) is 0 Å². The predicted molar refractivity (Wildman–Crippen MR) is 85.1 cm³/mol. The number of ether oxygens (including phenoxy) is 1. The fourth-order valence-electron chi connectivity index (χ4n) is 2.73. The Bertz CT molecular complexity index is 416. The normalized spacial score (nSPS) is 16.3. The zero-order chi connectivity index (χ0) is 14.4. The minimum atomic E-state index is 0.841. The van der Waals surface area contributed by atoms with Crippen LogP contribution in [0.2, 0.25) is 0 Å². The van der Waals surface area contributed by atoms with Crippen molar-refractivity contribution in [3.63, 3.8) is 0 Å². The second-order valence-electron chi connectivity index (χ2n) is 5.36. The van der Waals surface area contributed by atoms with Crippen LogP contribution in [-0.2, 0) is 11.3 Å². The number of hydrogen-bond donors (Lipinski definition) is 1. The summed E-state index contributed by atoms with van der Waals surface area (Å²) >= 11 is 0. The van der Waals surface area contributed by atoms with Crippen LogP contribution in [0.3, 0.4) is 0 Å². The number of anilines is 2. The smallest absolute Gasteiger partial charge is 0.0600 e. The summed E-state index contributed by atoms with van der Waals surface area (Å²) in [5.41, 5.74) is 9.60. The standard InChI is InChI=1S/C16H27N3O/c1-3-7-19(4-2)16-6-5-14(12-15(16)17)13-18-8-10-20-11-9-18/h5-6,12H,3-4,7-11,13,17H2,1-2H3. The molecule has 0 radical (unpaired) electrons. The fourth-order valence-corrected chi connectivity index (χ4v) is 2.73. The molecule has 0 unspecified atom stereocenters. The molecular formula is C16H27N3O. The van der Waals surface area contributed by atoms with Crippen molar-refractivity contribution in [2.24, 2.45) is 0 Å². The van der Waals surface area contributed by atoms with Gasteiger partial charge in [-0.3, -0.25) is 4.90 Å². The van der Waals surface area contributed by atoms with Crippen LogP contribution in [0.4, 0.5) is 11.4 Å². The molecular weight excluding hydrogens is 250 g/mol. The highest BCUT2D eigenvalue weighted by atomic mass is 16.5. The van der Waals surface area contributed by atoms with Gasteiger partial charge in [0.1, 0.15) is 0 Å². The van der Waals surface area contributed by atoms with Crippen molar-refractivity contribution in [2.45, 2.75) is 26.8 Å². The summed E-state index contributed by atoms with van der Waals surface area (Å²) in [7, 11) is 0. The van der Waals surface area contributed by atoms with Crippen LogP contribution in [0.15, 0.2) is 18.2 Å². The Morgan fingerprint density at radius 1 is 1.25 bits per heavy atom. The Labute approximate surface area is 122 Å². The first-order valence-electron chi connectivity index (χ1n) is 7.68. The fraction of sp³-hybridized carbons (Fsp3) is 0.625. The Hall–Kier alpha value is -1.26. The Kier molecular flexibility index (Phi) is 5.68. The van der Waals surface area contributed by atoms with Crippen LogP contribution < -0.4 is 10.6 Å². The molecule has 4 heteroatoms. The van der Waals surface area contributed by atoms with Gasteiger partial charge in [-0.2, -0.15) is 0 Å². The molecule has 1 aromatic rings. The molecule has 1 fully saturated rings. The van der Waals surface area contributed by atoms with Crippen molar-refractivity contribution in [2.75, 3.05) is 50.0 Å². The minimum absolute atomic E-state index is 0.841. The lowest BCUT2D eigenvalue weighted by molar-refractivity contribution is 0.0342. The Balaban J connectivity index is 2.04. The zero-order valence-electron chi connectivity index (χ0n) is 12.8. The van der Waals surface area contributed by atoms with Crippen molar-refractivity contribution in [1.82, 2.24) is 4.90 Å². The molecule has 4 nitrogen and oxygen atoms in total. The molecule has 1 saturated heterocycles. The van der Waals surface area contributed by atoms with Gasteiger partial charge in [-0.15, -0.1) is 0 Å². The summed E-state index contributed by atoms with van der Waals surface area (Å²) in [4.78, 5) is 4.76. The van der Waals surface area contributed by atoms with Crippen molar-refractivity contribution in [1.29, 1.82) is 0 Å². The summed E-state index contributed by atoms with van der Waals surface area (Å²) in [6.07, 6.45) is 1.14. The monoisotopic (exact) mass is 277 g/mol. The van der Waals surface area contributed by atoms with Gasteiger partial charge < -0.3 is 15.4 Å². The van der Waals surface area contributed by atoms with Crippen LogP contribution in [0.25, 0.3) is 0 Å². The number of nitrogens with zero attached hydrogens (tertiary/aromatic N) is 2. The van der Waals surface area contributed by atoms with Gasteiger partial charge in [0.25, 0.3) is 0 Å². The second kappa shape index (κ2) is 7.50. The summed E-state index contributed by atoms with van der Waals surface area (Å²) in [6, 6.07) is 6.51. The molecule has 1 aliphatic rings. The lowest BCUT2D eigenvalue weighted by Gasteiger charge is -2.28. The van der Waals surface area contributed by atoms with E-state index in [2.05, 4.69) is 41.8 Å². The van der Waals surface area contributed by atoms with Gasteiger partial charge in [0.15, 0.2) is 0 Å². The molecule has 0 amide bonds. The van der Waals surface area contributed by atoms with E-state index in [9.17, 15) is 0 Å². The van der Waals surface area contributed by atoms with Crippen molar-refractivity contribution in [3.8, 4) is 0 Å². The predicted octanol–water partition coefficient (Wildman–Crippen LogP) is 2.34. The maximum Gasteiger partial charge on any atom is 0.0600 e. The first kappa shape index (κ1) is 15.1. The van der Waals surface area contributed by atoms with Gasteiger partial charge in [-0.1, -0.05) is 13.0 Å². The summed E-state index contributed by atoms with van der Waals surface area (Å²) in [5.74, 6) is 0. The van der Waals surface area contributed by atoms with Gasteiger partial charge in [0.2, 0.25) is 0 Å². The molecule has 112 valence electrons. The lowest BCUT2D eigenvalue weighted by atomic mass is 10.1. The van der Waals surface area contributed by atoms with Gasteiger partial charge in [-0.05, 0) is 31.0 Å². The summed E-state index contributed by atoms with van der Waals surface area (Å²) in [5, 5.41) is 0. The van der Waals surface area contributed by atoms with E-state index in [4.69, 9.17) is 10.5 Å². The summed E-state index contributed by atoms with van der Waals surface area (Å²) < 4.78 is 5.38. The van der Waals surface area contributed by atoms with E-state index in [-0.39, 0.29) is 0 Å². The molecule has 0 bridgehead atoms. The van der Waals surface area contributed by atoms with Crippen molar-refractivity contribution < 1.29 is 4.74 Å². The third-order valence-electron chi connectivity index (χ3n) is 3.82. The first-order chi connectivity index (χ1) is 9.74. The molecule has 1 heterocycles. The molecule has 0 atom stereocenters. The molecule has 1 aliphatic heterocycles. The van der Waals surface area contributed by atoms with Crippen molar-refractivity contribution in [3.05, 3.63) is 23.8 Å². The molecule has 1 aromatic carbocycles. The Morgan fingerprint density at radius 2 is 2.00 bits per heavy atom. The number of hydrogen-bond acceptors (Lipinski definition) is 4. The quantitative estimate of drug-likeness (QED) is 0.810. The molecule has 0 spiro atoms. The van der Waals surface area contributed by atoms with Crippen LogP contribution in [0.1, 0.15) is 25.8 Å². The molecule has 20 heavy (non-hydrogen) atoms. The van der Waals surface area contributed by atoms with Gasteiger partial charge >= 0.3 is 0 Å². The first-order valence-corrected chi connectivity index (χ1v) is 7.68. The van der Waals surface area contributed by atoms with Crippen LogP contribution in [-0.4, -0.2) is 44.3 Å². The third-order valence-corrected chi connectivity index (χ3v) is 3.82. The topological polar surface area (TPSA) is 41.7 Å². The Morgan fingerprint density at radius 3 is 2.60 bits per heavy atom. The van der Waals surface area contributed by atoms with Gasteiger partial charge in [0, 0.05) is 32.7 Å². The molecule has 0 aromatic heterocycles. The number of benzene rings is 1. The third kappa shape index (κ3) is 3.87. The highest BCUT2D eigenvalue weighted by Gasteiger charge is 2.12. The van der Waals surface area contributed by atoms with E-state index in [0.29, 0.717) is 0 Å². The SMILES string of the molecule is CCCN(CC)c1ccc(CN2CCOCC2)cc1N. The molecule has 0 saturated carbocycles. The van der Waals surface area contributed by atoms with E-state index < -0.39 is 0 Å². The minimum Gasteiger partial charge on any atom is -0.397 e. The highest BCUT2D eigenvalue weighted by molar-refractivity contribution is 5.68. The number of rotatable bonds is 6. The average molecular weight is 277 g/mol. The number of nitrogens with two attached hydrogens (primary N) is 1. The zero-order valence-corrected chi connectivity index (χ0v) is 12.8. The average Bonchev–Trinajstić information content (AvgIpc) is 2.47. The second-order valence-corrected chi connectivity index (χ2v) is 5.36. The highest BCUT2D eigenvalue weighted by Crippen LogP contribution is 2.25. The van der Waals surface area contributed by atoms with Crippen LogP contribution in [0, 0.1) is 0 Å². The molecule has 2 N–H and O–H groups in total. The van der Waals surface area contributed by atoms with Crippen molar-refractivity contribution >= 4 is 11.4 Å². The molecule has 2 rings (SSSR count). The maximum atomic E-state index is 6.25. The van der Waals surface area contributed by atoms with E-state index in [1.165, 1.54) is 11.3 Å². The van der Waals surface area contributed by atoms with Crippen LogP contribution >= 0.6 is 0 Å². The van der Waals surface area contributed by atoms with Crippen LogP contribution in [0.5, 0.6) is 0 Å².